The Morgan fingerprint density at radius 1 is 1.16 bits per heavy atom. The average Bonchev–Trinajstić information content (AvgIpc) is 3.33. The molecule has 1 fully saturated rings. The lowest BCUT2D eigenvalue weighted by molar-refractivity contribution is -0.384. The van der Waals surface area contributed by atoms with Gasteiger partial charge in [-0.05, 0) is 36.4 Å². The SMILES string of the molecule is O=C(O)c1cccc(-c2ccc(/C=C3\SC(=S)N(c4ccc([N+](=O)[O-])cc4)C3=O)o2)c1. The summed E-state index contributed by atoms with van der Waals surface area (Å²) in [5.41, 5.74) is 1.08. The number of carbonyl (C=O) groups is 2. The molecular formula is C21H12N2O6S2. The van der Waals surface area contributed by atoms with Crippen LogP contribution in [-0.4, -0.2) is 26.2 Å². The van der Waals surface area contributed by atoms with Crippen LogP contribution in [0.1, 0.15) is 16.1 Å². The van der Waals surface area contributed by atoms with Gasteiger partial charge in [-0.3, -0.25) is 19.8 Å². The number of aromatic carboxylic acids is 1. The van der Waals surface area contributed by atoms with E-state index in [9.17, 15) is 19.7 Å². The van der Waals surface area contributed by atoms with Gasteiger partial charge in [0.05, 0.1) is 21.1 Å². The van der Waals surface area contributed by atoms with Gasteiger partial charge in [-0.25, -0.2) is 4.79 Å². The molecule has 1 aliphatic rings. The Bertz CT molecular complexity index is 1260. The minimum absolute atomic E-state index is 0.0835. The van der Waals surface area contributed by atoms with Gasteiger partial charge in [-0.15, -0.1) is 0 Å². The van der Waals surface area contributed by atoms with Gasteiger partial charge in [-0.1, -0.05) is 36.1 Å². The van der Waals surface area contributed by atoms with Crippen molar-refractivity contribution in [2.75, 3.05) is 4.90 Å². The molecule has 1 N–H and O–H groups in total. The highest BCUT2D eigenvalue weighted by molar-refractivity contribution is 8.27. The van der Waals surface area contributed by atoms with Crippen molar-refractivity contribution < 1.29 is 24.0 Å². The molecule has 3 aromatic rings. The van der Waals surface area contributed by atoms with Crippen LogP contribution in [-0.2, 0) is 4.79 Å². The molecule has 0 saturated carbocycles. The molecule has 154 valence electrons. The summed E-state index contributed by atoms with van der Waals surface area (Å²) in [7, 11) is 0. The summed E-state index contributed by atoms with van der Waals surface area (Å²) in [5.74, 6) is -0.543. The molecule has 1 amide bonds. The van der Waals surface area contributed by atoms with E-state index in [1.165, 1.54) is 41.3 Å². The number of rotatable bonds is 5. The molecule has 0 bridgehead atoms. The topological polar surface area (TPSA) is 114 Å². The lowest BCUT2D eigenvalue weighted by Crippen LogP contribution is -2.27. The molecule has 1 aromatic heterocycles. The molecule has 31 heavy (non-hydrogen) atoms. The third-order valence-corrected chi connectivity index (χ3v) is 5.71. The molecule has 0 aliphatic carbocycles. The number of thioether (sulfide) groups is 1. The standard InChI is InChI=1S/C21H12N2O6S2/c24-19-18(31-21(30)22(19)14-4-6-15(7-5-14)23(27)28)11-16-8-9-17(29-16)12-2-1-3-13(10-12)20(25)26/h1-11H,(H,25,26)/b18-11-. The lowest BCUT2D eigenvalue weighted by Gasteiger charge is -2.13. The summed E-state index contributed by atoms with van der Waals surface area (Å²) in [6.07, 6.45) is 1.55. The van der Waals surface area contributed by atoms with Crippen molar-refractivity contribution in [3.05, 3.63) is 87.0 Å². The van der Waals surface area contributed by atoms with E-state index in [0.29, 0.717) is 32.0 Å². The van der Waals surface area contributed by atoms with E-state index in [0.717, 1.165) is 11.8 Å². The van der Waals surface area contributed by atoms with Gasteiger partial charge >= 0.3 is 5.97 Å². The second-order valence-electron chi connectivity index (χ2n) is 6.38. The van der Waals surface area contributed by atoms with Crippen LogP contribution in [0.15, 0.2) is 70.0 Å². The zero-order chi connectivity index (χ0) is 22.1. The second kappa shape index (κ2) is 8.17. The number of carbonyl (C=O) groups excluding carboxylic acids is 1. The molecule has 0 radical (unpaired) electrons. The number of anilines is 1. The van der Waals surface area contributed by atoms with E-state index in [4.69, 9.17) is 21.7 Å². The number of nitrogens with zero attached hydrogens (tertiary/aromatic N) is 2. The van der Waals surface area contributed by atoms with Gasteiger partial charge < -0.3 is 9.52 Å². The summed E-state index contributed by atoms with van der Waals surface area (Å²) >= 11 is 6.40. The second-order valence-corrected chi connectivity index (χ2v) is 8.05. The summed E-state index contributed by atoms with van der Waals surface area (Å²) in [6.45, 7) is 0. The highest BCUT2D eigenvalue weighted by Crippen LogP contribution is 2.37. The first-order chi connectivity index (χ1) is 14.8. The molecule has 2 aromatic carbocycles. The average molecular weight is 452 g/mol. The van der Waals surface area contributed by atoms with Crippen LogP contribution in [0.3, 0.4) is 0 Å². The van der Waals surface area contributed by atoms with E-state index in [1.54, 1.807) is 30.3 Å². The minimum atomic E-state index is -1.04. The fourth-order valence-electron chi connectivity index (χ4n) is 2.93. The van der Waals surface area contributed by atoms with Crippen molar-refractivity contribution in [3.63, 3.8) is 0 Å². The van der Waals surface area contributed by atoms with Gasteiger partial charge in [0.1, 0.15) is 11.5 Å². The molecule has 1 aliphatic heterocycles. The number of non-ortho nitro benzene ring substituents is 1. The first-order valence-corrected chi connectivity index (χ1v) is 10.0. The first-order valence-electron chi connectivity index (χ1n) is 8.79. The Kier molecular flexibility index (Phi) is 5.40. The Morgan fingerprint density at radius 3 is 2.58 bits per heavy atom. The van der Waals surface area contributed by atoms with Crippen LogP contribution in [0, 0.1) is 10.1 Å². The fourth-order valence-corrected chi connectivity index (χ4v) is 4.21. The van der Waals surface area contributed by atoms with Crippen molar-refractivity contribution in [2.24, 2.45) is 0 Å². The van der Waals surface area contributed by atoms with Crippen molar-refractivity contribution in [3.8, 4) is 11.3 Å². The number of amides is 1. The van der Waals surface area contributed by atoms with Crippen LogP contribution in [0.4, 0.5) is 11.4 Å². The predicted octanol–water partition coefficient (Wildman–Crippen LogP) is 4.96. The Labute approximate surface area is 184 Å². The van der Waals surface area contributed by atoms with E-state index >= 15 is 0 Å². The molecule has 4 rings (SSSR count). The summed E-state index contributed by atoms with van der Waals surface area (Å²) in [4.78, 5) is 35.9. The van der Waals surface area contributed by atoms with E-state index in [2.05, 4.69) is 0 Å². The molecule has 8 nitrogen and oxygen atoms in total. The maximum Gasteiger partial charge on any atom is 0.335 e. The molecule has 0 unspecified atom stereocenters. The third kappa shape index (κ3) is 4.11. The highest BCUT2D eigenvalue weighted by atomic mass is 32.2. The van der Waals surface area contributed by atoms with E-state index in [-0.39, 0.29) is 17.2 Å². The van der Waals surface area contributed by atoms with Gasteiger partial charge in [0.15, 0.2) is 4.32 Å². The smallest absolute Gasteiger partial charge is 0.335 e. The number of hydrogen-bond donors (Lipinski definition) is 1. The van der Waals surface area contributed by atoms with Gasteiger partial charge in [0.2, 0.25) is 0 Å². The van der Waals surface area contributed by atoms with E-state index in [1.807, 2.05) is 0 Å². The number of carboxylic acid groups (broad SMARTS) is 1. The van der Waals surface area contributed by atoms with E-state index < -0.39 is 10.9 Å². The summed E-state index contributed by atoms with van der Waals surface area (Å²) in [5, 5.41) is 20.0. The Hall–Kier alpha value is -3.76. The summed E-state index contributed by atoms with van der Waals surface area (Å²) in [6, 6.07) is 15.2. The molecular weight excluding hydrogens is 440 g/mol. The normalized spacial score (nSPS) is 15.0. The van der Waals surface area contributed by atoms with Crippen molar-refractivity contribution in [1.82, 2.24) is 0 Å². The predicted molar refractivity (Wildman–Crippen MR) is 120 cm³/mol. The van der Waals surface area contributed by atoms with Crippen molar-refractivity contribution in [2.45, 2.75) is 0 Å². The maximum atomic E-state index is 12.8. The molecule has 0 atom stereocenters. The molecule has 0 spiro atoms. The third-order valence-electron chi connectivity index (χ3n) is 4.41. The number of nitro benzene ring substituents is 1. The lowest BCUT2D eigenvalue weighted by atomic mass is 10.1. The monoisotopic (exact) mass is 452 g/mol. The van der Waals surface area contributed by atoms with Gasteiger partial charge in [0, 0.05) is 23.8 Å². The zero-order valence-electron chi connectivity index (χ0n) is 15.6. The molecule has 10 heteroatoms. The number of hydrogen-bond acceptors (Lipinski definition) is 7. The number of thiocarbonyl (C=S) groups is 1. The number of nitro groups is 1. The van der Waals surface area contributed by atoms with Crippen molar-refractivity contribution in [1.29, 1.82) is 0 Å². The molecule has 1 saturated heterocycles. The minimum Gasteiger partial charge on any atom is -0.478 e. The summed E-state index contributed by atoms with van der Waals surface area (Å²) < 4.78 is 6.06. The zero-order valence-corrected chi connectivity index (χ0v) is 17.2. The van der Waals surface area contributed by atoms with Crippen LogP contribution < -0.4 is 4.90 Å². The fraction of sp³-hybridized carbons (Fsp3) is 0. The van der Waals surface area contributed by atoms with Crippen LogP contribution >= 0.6 is 24.0 Å². The first kappa shape index (κ1) is 20.5. The largest absolute Gasteiger partial charge is 0.478 e. The van der Waals surface area contributed by atoms with Crippen LogP contribution in [0.5, 0.6) is 0 Å². The Morgan fingerprint density at radius 2 is 1.90 bits per heavy atom. The van der Waals surface area contributed by atoms with Crippen LogP contribution in [0.25, 0.3) is 17.4 Å². The maximum absolute atomic E-state index is 12.8. The Balaban J connectivity index is 1.58. The molecule has 2 heterocycles. The van der Waals surface area contributed by atoms with Gasteiger partial charge in [-0.2, -0.15) is 0 Å². The highest BCUT2D eigenvalue weighted by Gasteiger charge is 2.33. The van der Waals surface area contributed by atoms with Crippen molar-refractivity contribution >= 4 is 57.6 Å². The number of benzene rings is 2. The number of furan rings is 1. The number of carboxylic acids is 1. The van der Waals surface area contributed by atoms with Gasteiger partial charge in [0.25, 0.3) is 11.6 Å². The van der Waals surface area contributed by atoms with Crippen LogP contribution in [0.2, 0.25) is 0 Å². The quantitative estimate of drug-likeness (QED) is 0.250.